The quantitative estimate of drug-likeness (QED) is 0.786. The fraction of sp³-hybridized carbons (Fsp3) is 0.333. The Morgan fingerprint density at radius 3 is 2.55 bits per heavy atom. The Morgan fingerprint density at radius 1 is 1.05 bits per heavy atom. The number of hydrogen-bond acceptors (Lipinski definition) is 5. The molecule has 106 valence electrons. The first kappa shape index (κ1) is 14.1. The number of anilines is 1. The minimum Gasteiger partial charge on any atom is -0.490 e. The summed E-state index contributed by atoms with van der Waals surface area (Å²) in [6.07, 6.45) is 0. The predicted molar refractivity (Wildman–Crippen MR) is 78.4 cm³/mol. The molecule has 0 spiro atoms. The summed E-state index contributed by atoms with van der Waals surface area (Å²) >= 11 is 0. The minimum atomic E-state index is 0.441. The Balaban J connectivity index is 1.81. The van der Waals surface area contributed by atoms with Crippen LogP contribution in [0.1, 0.15) is 12.7 Å². The Bertz CT molecular complexity index is 532. The van der Waals surface area contributed by atoms with E-state index in [1.165, 1.54) is 0 Å². The Kier molecular flexibility index (Phi) is 5.17. The van der Waals surface area contributed by atoms with Crippen LogP contribution >= 0.6 is 0 Å². The molecule has 2 aromatic rings. The molecule has 5 nitrogen and oxygen atoms in total. The van der Waals surface area contributed by atoms with E-state index in [1.54, 1.807) is 6.07 Å². The van der Waals surface area contributed by atoms with Crippen molar-refractivity contribution >= 4 is 5.82 Å². The number of benzene rings is 1. The molecule has 0 aliphatic heterocycles. The molecular weight excluding hydrogens is 254 g/mol. The summed E-state index contributed by atoms with van der Waals surface area (Å²) in [6, 6.07) is 11.4. The van der Waals surface area contributed by atoms with E-state index >= 15 is 0 Å². The highest BCUT2D eigenvalue weighted by Gasteiger charge is 2.02. The molecular formula is C15H19N3O2. The van der Waals surface area contributed by atoms with Gasteiger partial charge >= 0.3 is 0 Å². The largest absolute Gasteiger partial charge is 0.490 e. The average molecular weight is 273 g/mol. The second-order valence-corrected chi connectivity index (χ2v) is 4.18. The molecule has 0 unspecified atom stereocenters. The minimum absolute atomic E-state index is 0.441. The molecule has 5 heteroatoms. The summed E-state index contributed by atoms with van der Waals surface area (Å²) < 4.78 is 11.1. The third-order valence-corrected chi connectivity index (χ3v) is 2.52. The van der Waals surface area contributed by atoms with Crippen LogP contribution in [0.15, 0.2) is 36.4 Å². The zero-order valence-electron chi connectivity index (χ0n) is 11.8. The zero-order valence-corrected chi connectivity index (χ0v) is 11.8. The van der Waals surface area contributed by atoms with Crippen molar-refractivity contribution in [2.24, 2.45) is 0 Å². The lowest BCUT2D eigenvalue weighted by molar-refractivity contribution is 0.211. The van der Waals surface area contributed by atoms with E-state index in [0.29, 0.717) is 24.9 Å². The molecule has 0 radical (unpaired) electrons. The lowest BCUT2D eigenvalue weighted by Gasteiger charge is -2.09. The van der Waals surface area contributed by atoms with Crippen molar-refractivity contribution in [3.63, 3.8) is 0 Å². The van der Waals surface area contributed by atoms with Gasteiger partial charge in [0.1, 0.15) is 30.6 Å². The lowest BCUT2D eigenvalue weighted by atomic mass is 10.3. The van der Waals surface area contributed by atoms with E-state index in [4.69, 9.17) is 9.47 Å². The number of nitrogens with one attached hydrogen (secondary N) is 1. The summed E-state index contributed by atoms with van der Waals surface area (Å²) in [5, 5.41) is 3.14. The standard InChI is InChI=1S/C15H19N3O2/c1-3-16-14-11-15(18-12(2)17-14)20-10-9-19-13-7-5-4-6-8-13/h4-8,11H,3,9-10H2,1-2H3,(H,16,17,18). The van der Waals surface area contributed by atoms with Crippen LogP contribution in [0.3, 0.4) is 0 Å². The molecule has 0 saturated carbocycles. The molecule has 0 bridgehead atoms. The summed E-state index contributed by atoms with van der Waals surface area (Å²) in [6.45, 7) is 5.59. The maximum atomic E-state index is 5.58. The van der Waals surface area contributed by atoms with E-state index in [2.05, 4.69) is 15.3 Å². The highest BCUT2D eigenvalue weighted by molar-refractivity contribution is 5.38. The second-order valence-electron chi connectivity index (χ2n) is 4.18. The topological polar surface area (TPSA) is 56.3 Å². The number of aromatic nitrogens is 2. The van der Waals surface area contributed by atoms with E-state index in [9.17, 15) is 0 Å². The van der Waals surface area contributed by atoms with Gasteiger partial charge in [-0.3, -0.25) is 0 Å². The van der Waals surface area contributed by atoms with E-state index in [0.717, 1.165) is 18.1 Å². The molecule has 0 aliphatic rings. The highest BCUT2D eigenvalue weighted by Crippen LogP contribution is 2.13. The van der Waals surface area contributed by atoms with Gasteiger partial charge in [0.25, 0.3) is 0 Å². The Morgan fingerprint density at radius 2 is 1.80 bits per heavy atom. The molecule has 1 N–H and O–H groups in total. The number of nitrogens with zero attached hydrogens (tertiary/aromatic N) is 2. The molecule has 1 heterocycles. The van der Waals surface area contributed by atoms with Crippen molar-refractivity contribution in [1.29, 1.82) is 0 Å². The van der Waals surface area contributed by atoms with Crippen molar-refractivity contribution in [2.75, 3.05) is 25.1 Å². The summed E-state index contributed by atoms with van der Waals surface area (Å²) in [4.78, 5) is 8.50. The van der Waals surface area contributed by atoms with Crippen molar-refractivity contribution < 1.29 is 9.47 Å². The normalized spacial score (nSPS) is 10.1. The number of aryl methyl sites for hydroxylation is 1. The molecule has 0 fully saturated rings. The van der Waals surface area contributed by atoms with E-state index in [-0.39, 0.29) is 0 Å². The lowest BCUT2D eigenvalue weighted by Crippen LogP contribution is -2.11. The van der Waals surface area contributed by atoms with Gasteiger partial charge in [-0.2, -0.15) is 4.98 Å². The van der Waals surface area contributed by atoms with Gasteiger partial charge in [-0.1, -0.05) is 18.2 Å². The SMILES string of the molecule is CCNc1cc(OCCOc2ccccc2)nc(C)n1. The second kappa shape index (κ2) is 7.33. The molecule has 1 aromatic carbocycles. The van der Waals surface area contributed by atoms with Crippen molar-refractivity contribution in [3.8, 4) is 11.6 Å². The summed E-state index contributed by atoms with van der Waals surface area (Å²) in [7, 11) is 0. The highest BCUT2D eigenvalue weighted by atomic mass is 16.5. The molecule has 1 aromatic heterocycles. The Hall–Kier alpha value is -2.30. The third kappa shape index (κ3) is 4.42. The van der Waals surface area contributed by atoms with E-state index < -0.39 is 0 Å². The molecule has 2 rings (SSSR count). The van der Waals surface area contributed by atoms with Crippen LogP contribution in [0.25, 0.3) is 0 Å². The van der Waals surface area contributed by atoms with Crippen LogP contribution in [0.2, 0.25) is 0 Å². The fourth-order valence-corrected chi connectivity index (χ4v) is 1.71. The molecule has 20 heavy (non-hydrogen) atoms. The smallest absolute Gasteiger partial charge is 0.218 e. The van der Waals surface area contributed by atoms with Crippen LogP contribution in [0, 0.1) is 6.92 Å². The number of ether oxygens (including phenoxy) is 2. The van der Waals surface area contributed by atoms with E-state index in [1.807, 2.05) is 44.2 Å². The van der Waals surface area contributed by atoms with Gasteiger partial charge in [0.15, 0.2) is 0 Å². The van der Waals surface area contributed by atoms with Crippen molar-refractivity contribution in [3.05, 3.63) is 42.2 Å². The van der Waals surface area contributed by atoms with Crippen LogP contribution in [0.4, 0.5) is 5.82 Å². The first-order valence-corrected chi connectivity index (χ1v) is 6.68. The average Bonchev–Trinajstić information content (AvgIpc) is 2.45. The molecule has 0 aliphatic carbocycles. The Labute approximate surface area is 119 Å². The molecule has 0 saturated heterocycles. The van der Waals surface area contributed by atoms with Crippen LogP contribution < -0.4 is 14.8 Å². The maximum absolute atomic E-state index is 5.58. The monoisotopic (exact) mass is 273 g/mol. The van der Waals surface area contributed by atoms with Crippen LogP contribution in [-0.4, -0.2) is 29.7 Å². The number of para-hydroxylation sites is 1. The van der Waals surface area contributed by atoms with Gasteiger partial charge in [0, 0.05) is 12.6 Å². The zero-order chi connectivity index (χ0) is 14.2. The van der Waals surface area contributed by atoms with Gasteiger partial charge in [0.2, 0.25) is 5.88 Å². The van der Waals surface area contributed by atoms with Gasteiger partial charge in [-0.15, -0.1) is 0 Å². The molecule has 0 amide bonds. The van der Waals surface area contributed by atoms with Gasteiger partial charge in [-0.05, 0) is 26.0 Å². The van der Waals surface area contributed by atoms with Gasteiger partial charge < -0.3 is 14.8 Å². The fourth-order valence-electron chi connectivity index (χ4n) is 1.71. The first-order valence-electron chi connectivity index (χ1n) is 6.68. The summed E-state index contributed by atoms with van der Waals surface area (Å²) in [5.41, 5.74) is 0. The molecule has 0 atom stereocenters. The van der Waals surface area contributed by atoms with Gasteiger partial charge in [-0.25, -0.2) is 4.98 Å². The third-order valence-electron chi connectivity index (χ3n) is 2.52. The number of rotatable bonds is 7. The summed E-state index contributed by atoms with van der Waals surface area (Å²) in [5.74, 6) is 2.86. The number of hydrogen-bond donors (Lipinski definition) is 1. The maximum Gasteiger partial charge on any atom is 0.218 e. The van der Waals surface area contributed by atoms with Crippen LogP contribution in [-0.2, 0) is 0 Å². The predicted octanol–water partition coefficient (Wildman–Crippen LogP) is 2.67. The first-order chi connectivity index (χ1) is 9.78. The van der Waals surface area contributed by atoms with Crippen LogP contribution in [0.5, 0.6) is 11.6 Å². The van der Waals surface area contributed by atoms with Crippen molar-refractivity contribution in [1.82, 2.24) is 9.97 Å². The van der Waals surface area contributed by atoms with Crippen molar-refractivity contribution in [2.45, 2.75) is 13.8 Å². The van der Waals surface area contributed by atoms with Gasteiger partial charge in [0.05, 0.1) is 0 Å².